The van der Waals surface area contributed by atoms with E-state index in [0.29, 0.717) is 0 Å². The number of anilines is 1. The Bertz CT molecular complexity index is 691. The molecule has 1 aromatic heterocycles. The molecule has 0 radical (unpaired) electrons. The van der Waals surface area contributed by atoms with E-state index in [9.17, 15) is 10.1 Å². The van der Waals surface area contributed by atoms with E-state index in [1.807, 2.05) is 32.5 Å². The minimum absolute atomic E-state index is 0.0823. The van der Waals surface area contributed by atoms with E-state index >= 15 is 0 Å². The van der Waals surface area contributed by atoms with E-state index in [1.165, 1.54) is 6.07 Å². The first kappa shape index (κ1) is 15.0. The topological polar surface area (TPSA) is 73.0 Å². The number of nitrogens with zero attached hydrogens (tertiary/aromatic N) is 3. The molecule has 0 aliphatic carbocycles. The van der Waals surface area contributed by atoms with Crippen LogP contribution in [0, 0.1) is 30.9 Å². The third kappa shape index (κ3) is 2.89. The number of hydrogen-bond donors (Lipinski definition) is 1. The van der Waals surface area contributed by atoms with E-state index in [2.05, 4.69) is 17.3 Å². The van der Waals surface area contributed by atoms with Crippen LogP contribution in [-0.4, -0.2) is 14.7 Å². The van der Waals surface area contributed by atoms with Crippen molar-refractivity contribution in [1.82, 2.24) is 9.78 Å². The van der Waals surface area contributed by atoms with Crippen LogP contribution < -0.4 is 5.32 Å². The number of aromatic nitrogens is 2. The number of nitro groups is 1. The number of benzene rings is 1. The molecule has 1 unspecified atom stereocenters. The summed E-state index contributed by atoms with van der Waals surface area (Å²) in [5.74, 6) is 0. The fraction of sp³-hybridized carbons (Fsp3) is 0.400. The van der Waals surface area contributed by atoms with Crippen molar-refractivity contribution < 1.29 is 4.92 Å². The molecule has 1 N–H and O–H groups in total. The third-order valence-electron chi connectivity index (χ3n) is 3.79. The fourth-order valence-electron chi connectivity index (χ4n) is 2.65. The summed E-state index contributed by atoms with van der Waals surface area (Å²) in [5.41, 5.74) is 5.14. The minimum atomic E-state index is -0.379. The van der Waals surface area contributed by atoms with Gasteiger partial charge in [0, 0.05) is 36.1 Å². The molecule has 21 heavy (non-hydrogen) atoms. The maximum Gasteiger partial charge on any atom is 0.269 e. The van der Waals surface area contributed by atoms with Gasteiger partial charge in [0.2, 0.25) is 0 Å². The van der Waals surface area contributed by atoms with Gasteiger partial charge >= 0.3 is 0 Å². The molecule has 6 nitrogen and oxygen atoms in total. The highest BCUT2D eigenvalue weighted by Crippen LogP contribution is 2.28. The fourth-order valence-corrected chi connectivity index (χ4v) is 2.65. The number of rotatable bonds is 4. The van der Waals surface area contributed by atoms with Gasteiger partial charge in [-0.15, -0.1) is 0 Å². The molecule has 1 atom stereocenters. The molecule has 0 spiro atoms. The van der Waals surface area contributed by atoms with E-state index in [-0.39, 0.29) is 16.7 Å². The number of non-ortho nitro benzene ring substituents is 1. The first-order valence-corrected chi connectivity index (χ1v) is 6.83. The second kappa shape index (κ2) is 5.55. The van der Waals surface area contributed by atoms with Crippen LogP contribution in [-0.2, 0) is 7.05 Å². The van der Waals surface area contributed by atoms with Gasteiger partial charge < -0.3 is 5.32 Å². The second-order valence-electron chi connectivity index (χ2n) is 5.33. The molecule has 0 aliphatic heterocycles. The van der Waals surface area contributed by atoms with Crippen LogP contribution in [0.15, 0.2) is 18.2 Å². The lowest BCUT2D eigenvalue weighted by molar-refractivity contribution is -0.384. The van der Waals surface area contributed by atoms with Crippen molar-refractivity contribution in [3.63, 3.8) is 0 Å². The average Bonchev–Trinajstić information content (AvgIpc) is 2.65. The van der Waals surface area contributed by atoms with Gasteiger partial charge in [0.25, 0.3) is 5.69 Å². The van der Waals surface area contributed by atoms with Gasteiger partial charge in [0.05, 0.1) is 16.7 Å². The lowest BCUT2D eigenvalue weighted by atomic mass is 10.1. The molecule has 0 bridgehead atoms. The molecule has 1 heterocycles. The summed E-state index contributed by atoms with van der Waals surface area (Å²) in [6, 6.07) is 4.94. The predicted octanol–water partition coefficient (Wildman–Crippen LogP) is 3.43. The summed E-state index contributed by atoms with van der Waals surface area (Å²) >= 11 is 0. The predicted molar refractivity (Wildman–Crippen MR) is 82.6 cm³/mol. The molecule has 2 aromatic rings. The van der Waals surface area contributed by atoms with Crippen LogP contribution in [0.2, 0.25) is 0 Å². The Morgan fingerprint density at radius 3 is 2.48 bits per heavy atom. The Kier molecular flexibility index (Phi) is 3.97. The summed E-state index contributed by atoms with van der Waals surface area (Å²) in [5, 5.41) is 18.6. The Morgan fingerprint density at radius 1 is 1.33 bits per heavy atom. The van der Waals surface area contributed by atoms with Crippen molar-refractivity contribution in [3.8, 4) is 0 Å². The number of aryl methyl sites for hydroxylation is 3. The Labute approximate surface area is 123 Å². The normalized spacial score (nSPS) is 12.2. The van der Waals surface area contributed by atoms with Crippen LogP contribution in [0.25, 0.3) is 0 Å². The van der Waals surface area contributed by atoms with Crippen molar-refractivity contribution in [2.45, 2.75) is 33.7 Å². The molecule has 0 saturated carbocycles. The monoisotopic (exact) mass is 288 g/mol. The molecule has 0 saturated heterocycles. The van der Waals surface area contributed by atoms with Crippen LogP contribution in [0.5, 0.6) is 0 Å². The van der Waals surface area contributed by atoms with E-state index < -0.39 is 0 Å². The quantitative estimate of drug-likeness (QED) is 0.691. The average molecular weight is 288 g/mol. The molecule has 0 amide bonds. The number of hydrogen-bond acceptors (Lipinski definition) is 4. The smallest absolute Gasteiger partial charge is 0.269 e. The zero-order valence-electron chi connectivity index (χ0n) is 13.0. The van der Waals surface area contributed by atoms with Crippen molar-refractivity contribution in [2.24, 2.45) is 7.05 Å². The Balaban J connectivity index is 2.27. The van der Waals surface area contributed by atoms with Crippen molar-refractivity contribution in [1.29, 1.82) is 0 Å². The van der Waals surface area contributed by atoms with Crippen LogP contribution in [0.3, 0.4) is 0 Å². The highest BCUT2D eigenvalue weighted by atomic mass is 16.6. The SMILES string of the molecule is Cc1cc([N+](=O)[O-])ccc1NC(C)c1c(C)nn(C)c1C. The van der Waals surface area contributed by atoms with Gasteiger partial charge in [0.15, 0.2) is 0 Å². The Morgan fingerprint density at radius 2 is 2.00 bits per heavy atom. The first-order chi connectivity index (χ1) is 9.81. The molecule has 2 rings (SSSR count). The molecular formula is C15H20N4O2. The minimum Gasteiger partial charge on any atom is -0.378 e. The molecule has 6 heteroatoms. The van der Waals surface area contributed by atoms with Crippen LogP contribution in [0.4, 0.5) is 11.4 Å². The zero-order chi connectivity index (χ0) is 15.7. The highest BCUT2D eigenvalue weighted by Gasteiger charge is 2.17. The first-order valence-electron chi connectivity index (χ1n) is 6.83. The van der Waals surface area contributed by atoms with E-state index in [1.54, 1.807) is 12.1 Å². The summed E-state index contributed by atoms with van der Waals surface area (Å²) in [6.45, 7) is 7.96. The Hall–Kier alpha value is -2.37. The maximum absolute atomic E-state index is 10.8. The third-order valence-corrected chi connectivity index (χ3v) is 3.79. The van der Waals surface area contributed by atoms with Crippen LogP contribution >= 0.6 is 0 Å². The van der Waals surface area contributed by atoms with Gasteiger partial charge in [-0.3, -0.25) is 14.8 Å². The van der Waals surface area contributed by atoms with Crippen molar-refractivity contribution in [3.05, 3.63) is 50.8 Å². The van der Waals surface area contributed by atoms with Crippen molar-refractivity contribution in [2.75, 3.05) is 5.32 Å². The second-order valence-corrected chi connectivity index (χ2v) is 5.33. The molecule has 1 aromatic carbocycles. The van der Waals surface area contributed by atoms with Gasteiger partial charge in [-0.25, -0.2) is 0 Å². The summed E-state index contributed by atoms with van der Waals surface area (Å²) < 4.78 is 1.87. The lowest BCUT2D eigenvalue weighted by Crippen LogP contribution is -2.10. The zero-order valence-corrected chi connectivity index (χ0v) is 13.0. The lowest BCUT2D eigenvalue weighted by Gasteiger charge is -2.17. The number of nitro benzene ring substituents is 1. The molecule has 112 valence electrons. The summed E-state index contributed by atoms with van der Waals surface area (Å²) in [6.07, 6.45) is 0. The van der Waals surface area contributed by atoms with E-state index in [4.69, 9.17) is 0 Å². The molecule has 0 fully saturated rings. The maximum atomic E-state index is 10.8. The largest absolute Gasteiger partial charge is 0.378 e. The van der Waals surface area contributed by atoms with Gasteiger partial charge in [0.1, 0.15) is 0 Å². The van der Waals surface area contributed by atoms with Crippen molar-refractivity contribution >= 4 is 11.4 Å². The van der Waals surface area contributed by atoms with Gasteiger partial charge in [-0.05, 0) is 39.3 Å². The highest BCUT2D eigenvalue weighted by molar-refractivity contribution is 5.56. The van der Waals surface area contributed by atoms with Crippen LogP contribution in [0.1, 0.15) is 35.5 Å². The standard InChI is InChI=1S/C15H20N4O2/c1-9-8-13(19(20)21)6-7-14(9)16-10(2)15-11(3)17-18(5)12(15)4/h6-8,10,16H,1-5H3. The summed E-state index contributed by atoms with van der Waals surface area (Å²) in [4.78, 5) is 10.4. The molecule has 0 aliphatic rings. The summed E-state index contributed by atoms with van der Waals surface area (Å²) in [7, 11) is 1.93. The van der Waals surface area contributed by atoms with E-state index in [0.717, 1.165) is 28.2 Å². The van der Waals surface area contributed by atoms with Gasteiger partial charge in [-0.2, -0.15) is 5.10 Å². The van der Waals surface area contributed by atoms with Gasteiger partial charge in [-0.1, -0.05) is 0 Å². The molecular weight excluding hydrogens is 268 g/mol. The number of nitrogens with one attached hydrogen (secondary N) is 1.